The van der Waals surface area contributed by atoms with Gasteiger partial charge in [0.05, 0.1) is 27.8 Å². The zero-order valence-electron chi connectivity index (χ0n) is 15.2. The number of pyridine rings is 1. The van der Waals surface area contributed by atoms with Crippen molar-refractivity contribution < 1.29 is 4.79 Å². The number of benzene rings is 1. The average Bonchev–Trinajstić information content (AvgIpc) is 2.92. The molecule has 3 aromatic rings. The summed E-state index contributed by atoms with van der Waals surface area (Å²) in [5.41, 5.74) is 4.64. The molecule has 0 spiro atoms. The summed E-state index contributed by atoms with van der Waals surface area (Å²) >= 11 is 1.59. The van der Waals surface area contributed by atoms with Gasteiger partial charge in [-0.1, -0.05) is 24.3 Å². The number of hydrogen-bond donors (Lipinski definition) is 1. The van der Waals surface area contributed by atoms with Crippen LogP contribution in [-0.2, 0) is 4.79 Å². The van der Waals surface area contributed by atoms with Crippen molar-refractivity contribution in [3.05, 3.63) is 65.6 Å². The Labute approximate surface area is 157 Å². The minimum absolute atomic E-state index is 0.0107. The van der Waals surface area contributed by atoms with Crippen molar-refractivity contribution in [2.75, 3.05) is 11.1 Å². The summed E-state index contributed by atoms with van der Waals surface area (Å²) in [6.07, 6.45) is 2.27. The molecule has 0 bridgehead atoms. The largest absolute Gasteiger partial charge is 0.323 e. The van der Waals surface area contributed by atoms with Gasteiger partial charge in [-0.25, -0.2) is 9.67 Å². The maximum Gasteiger partial charge on any atom is 0.225 e. The van der Waals surface area contributed by atoms with Crippen molar-refractivity contribution in [3.8, 4) is 5.69 Å². The van der Waals surface area contributed by atoms with Gasteiger partial charge in [-0.15, -0.1) is 11.8 Å². The second kappa shape index (κ2) is 8.19. The molecule has 6 heteroatoms. The highest BCUT2D eigenvalue weighted by Gasteiger charge is 2.15. The van der Waals surface area contributed by atoms with Crippen LogP contribution in [0.1, 0.15) is 23.4 Å². The lowest BCUT2D eigenvalue weighted by Gasteiger charge is -2.07. The van der Waals surface area contributed by atoms with Gasteiger partial charge >= 0.3 is 0 Å². The van der Waals surface area contributed by atoms with E-state index in [9.17, 15) is 4.79 Å². The fourth-order valence-corrected chi connectivity index (χ4v) is 3.42. The Balaban J connectivity index is 1.61. The Bertz CT molecular complexity index is 888. The van der Waals surface area contributed by atoms with Crippen molar-refractivity contribution in [1.29, 1.82) is 0 Å². The number of carbonyl (C=O) groups is 1. The van der Waals surface area contributed by atoms with E-state index in [1.54, 1.807) is 11.8 Å². The van der Waals surface area contributed by atoms with E-state index in [0.717, 1.165) is 33.4 Å². The fourth-order valence-electron chi connectivity index (χ4n) is 2.63. The number of amides is 1. The smallest absolute Gasteiger partial charge is 0.225 e. The summed E-state index contributed by atoms with van der Waals surface area (Å²) in [5, 5.41) is 8.50. The van der Waals surface area contributed by atoms with Gasteiger partial charge in [0.1, 0.15) is 0 Å². The van der Waals surface area contributed by atoms with Gasteiger partial charge in [0.2, 0.25) is 5.91 Å². The first-order chi connectivity index (χ1) is 12.5. The number of nitrogens with one attached hydrogen (secondary N) is 1. The van der Waals surface area contributed by atoms with Crippen LogP contribution in [0.25, 0.3) is 5.69 Å². The van der Waals surface area contributed by atoms with Gasteiger partial charge in [0, 0.05) is 18.4 Å². The fraction of sp³-hybridized carbons (Fsp3) is 0.250. The number of rotatable bonds is 6. The molecule has 0 aliphatic rings. The number of aromatic nitrogens is 3. The highest BCUT2D eigenvalue weighted by molar-refractivity contribution is 7.99. The first-order valence-electron chi connectivity index (χ1n) is 8.51. The molecule has 1 aromatic carbocycles. The first-order valence-corrected chi connectivity index (χ1v) is 9.50. The van der Waals surface area contributed by atoms with Crippen LogP contribution >= 0.6 is 11.8 Å². The molecule has 0 unspecified atom stereocenters. The minimum atomic E-state index is -0.0107. The number of para-hydroxylation sites is 1. The van der Waals surface area contributed by atoms with E-state index in [2.05, 4.69) is 15.4 Å². The molecule has 0 aliphatic carbocycles. The van der Waals surface area contributed by atoms with E-state index in [1.807, 2.05) is 74.1 Å². The second-order valence-electron chi connectivity index (χ2n) is 6.11. The van der Waals surface area contributed by atoms with Crippen LogP contribution in [0.15, 0.2) is 53.7 Å². The molecule has 0 saturated carbocycles. The predicted molar refractivity (Wildman–Crippen MR) is 106 cm³/mol. The lowest BCUT2D eigenvalue weighted by molar-refractivity contribution is -0.115. The van der Waals surface area contributed by atoms with Crippen LogP contribution in [0.4, 0.5) is 5.69 Å². The topological polar surface area (TPSA) is 59.8 Å². The molecule has 0 aliphatic heterocycles. The van der Waals surface area contributed by atoms with Gasteiger partial charge in [-0.05, 0) is 44.5 Å². The van der Waals surface area contributed by atoms with E-state index in [1.165, 1.54) is 0 Å². The average molecular weight is 366 g/mol. The zero-order valence-corrected chi connectivity index (χ0v) is 16.0. The molecule has 26 heavy (non-hydrogen) atoms. The van der Waals surface area contributed by atoms with E-state index < -0.39 is 0 Å². The number of thioether (sulfide) groups is 1. The van der Waals surface area contributed by atoms with Crippen LogP contribution in [0.5, 0.6) is 0 Å². The highest BCUT2D eigenvalue weighted by atomic mass is 32.2. The SMILES string of the molecule is Cc1ccc(SCCC(=O)Nc2c(C)nn(-c3ccccc3)c2C)nc1. The monoisotopic (exact) mass is 366 g/mol. The van der Waals surface area contributed by atoms with Crippen LogP contribution in [0.2, 0.25) is 0 Å². The Morgan fingerprint density at radius 2 is 1.88 bits per heavy atom. The van der Waals surface area contributed by atoms with Gasteiger partial charge < -0.3 is 5.32 Å². The molecule has 2 heterocycles. The van der Waals surface area contributed by atoms with E-state index in [-0.39, 0.29) is 5.91 Å². The molecule has 5 nitrogen and oxygen atoms in total. The van der Waals surface area contributed by atoms with Crippen molar-refractivity contribution >= 4 is 23.4 Å². The summed E-state index contributed by atoms with van der Waals surface area (Å²) in [5.74, 6) is 0.677. The Morgan fingerprint density at radius 3 is 2.58 bits per heavy atom. The molecular weight excluding hydrogens is 344 g/mol. The lowest BCUT2D eigenvalue weighted by atomic mass is 10.3. The van der Waals surface area contributed by atoms with Crippen LogP contribution in [0.3, 0.4) is 0 Å². The maximum absolute atomic E-state index is 12.3. The normalized spacial score (nSPS) is 10.7. The molecule has 134 valence electrons. The third-order valence-corrected chi connectivity index (χ3v) is 4.97. The van der Waals surface area contributed by atoms with Crippen molar-refractivity contribution in [3.63, 3.8) is 0 Å². The molecule has 0 fully saturated rings. The minimum Gasteiger partial charge on any atom is -0.323 e. The van der Waals surface area contributed by atoms with Crippen LogP contribution in [0, 0.1) is 20.8 Å². The maximum atomic E-state index is 12.3. The number of nitrogens with zero attached hydrogens (tertiary/aromatic N) is 3. The van der Waals surface area contributed by atoms with Gasteiger partial charge in [0.15, 0.2) is 0 Å². The third-order valence-electron chi connectivity index (χ3n) is 4.02. The Kier molecular flexibility index (Phi) is 5.73. The summed E-state index contributed by atoms with van der Waals surface area (Å²) in [4.78, 5) is 16.7. The van der Waals surface area contributed by atoms with E-state index >= 15 is 0 Å². The molecular formula is C20H22N4OS. The number of anilines is 1. The number of carbonyl (C=O) groups excluding carboxylic acids is 1. The molecule has 1 amide bonds. The standard InChI is InChI=1S/C20H22N4OS/c1-14-9-10-19(21-13-14)26-12-11-18(25)22-20-15(2)23-24(16(20)3)17-7-5-4-6-8-17/h4-10,13H,11-12H2,1-3H3,(H,22,25). The van der Waals surface area contributed by atoms with E-state index in [0.29, 0.717) is 12.2 Å². The summed E-state index contributed by atoms with van der Waals surface area (Å²) in [7, 11) is 0. The van der Waals surface area contributed by atoms with Crippen molar-refractivity contribution in [2.45, 2.75) is 32.2 Å². The molecule has 0 atom stereocenters. The van der Waals surface area contributed by atoms with Crippen molar-refractivity contribution in [2.24, 2.45) is 0 Å². The van der Waals surface area contributed by atoms with Crippen LogP contribution in [-0.4, -0.2) is 26.4 Å². The van der Waals surface area contributed by atoms with Crippen molar-refractivity contribution in [1.82, 2.24) is 14.8 Å². The van der Waals surface area contributed by atoms with E-state index in [4.69, 9.17) is 0 Å². The molecule has 2 aromatic heterocycles. The second-order valence-corrected chi connectivity index (χ2v) is 7.23. The van der Waals surface area contributed by atoms with Gasteiger partial charge in [-0.3, -0.25) is 4.79 Å². The lowest BCUT2D eigenvalue weighted by Crippen LogP contribution is -2.13. The first kappa shape index (κ1) is 18.2. The Hall–Kier alpha value is -2.60. The summed E-state index contributed by atoms with van der Waals surface area (Å²) in [6, 6.07) is 13.9. The summed E-state index contributed by atoms with van der Waals surface area (Å²) < 4.78 is 1.86. The molecule has 1 N–H and O–H groups in total. The van der Waals surface area contributed by atoms with Crippen LogP contribution < -0.4 is 5.32 Å². The predicted octanol–water partition coefficient (Wildman–Crippen LogP) is 4.31. The molecule has 3 rings (SSSR count). The highest BCUT2D eigenvalue weighted by Crippen LogP contribution is 2.23. The number of aryl methyl sites for hydroxylation is 2. The molecule has 0 saturated heterocycles. The third kappa shape index (κ3) is 4.32. The quantitative estimate of drug-likeness (QED) is 0.660. The summed E-state index contributed by atoms with van der Waals surface area (Å²) in [6.45, 7) is 5.88. The zero-order chi connectivity index (χ0) is 18.5. The van der Waals surface area contributed by atoms with Gasteiger partial charge in [-0.2, -0.15) is 5.10 Å². The molecule has 0 radical (unpaired) electrons. The number of hydrogen-bond acceptors (Lipinski definition) is 4. The Morgan fingerprint density at radius 1 is 1.12 bits per heavy atom. The van der Waals surface area contributed by atoms with Gasteiger partial charge in [0.25, 0.3) is 0 Å².